The molecule has 0 radical (unpaired) electrons. The third kappa shape index (κ3) is 3.80. The second kappa shape index (κ2) is 10.1. The van der Waals surface area contributed by atoms with Crippen LogP contribution in [0.1, 0.15) is 66.3 Å². The highest BCUT2D eigenvalue weighted by Crippen LogP contribution is 2.61. The van der Waals surface area contributed by atoms with Crippen molar-refractivity contribution in [3.8, 4) is 28.4 Å². The molecule has 0 aromatic heterocycles. The van der Waals surface area contributed by atoms with Crippen LogP contribution < -0.4 is 14.2 Å². The van der Waals surface area contributed by atoms with Gasteiger partial charge in [-0.15, -0.1) is 0 Å². The molecule has 0 atom stereocenters. The van der Waals surface area contributed by atoms with Gasteiger partial charge < -0.3 is 14.2 Å². The van der Waals surface area contributed by atoms with Gasteiger partial charge in [-0.2, -0.15) is 0 Å². The van der Waals surface area contributed by atoms with E-state index in [-0.39, 0.29) is 5.41 Å². The summed E-state index contributed by atoms with van der Waals surface area (Å²) in [6.45, 7) is 0. The van der Waals surface area contributed by atoms with Gasteiger partial charge >= 0.3 is 0 Å². The molecule has 5 aromatic carbocycles. The van der Waals surface area contributed by atoms with E-state index in [0.29, 0.717) is 0 Å². The summed E-state index contributed by atoms with van der Waals surface area (Å²) in [7, 11) is 3.41. The van der Waals surface area contributed by atoms with E-state index >= 15 is 0 Å². The van der Waals surface area contributed by atoms with Gasteiger partial charge in [0.25, 0.3) is 0 Å². The van der Waals surface area contributed by atoms with Crippen LogP contribution in [0.3, 0.4) is 0 Å². The molecule has 0 N–H and O–H groups in total. The molecule has 5 aromatic rings. The summed E-state index contributed by atoms with van der Waals surface area (Å²) in [6, 6.07) is 34.6. The molecule has 2 aliphatic carbocycles. The minimum Gasteiger partial charge on any atom is -0.497 e. The first kappa shape index (κ1) is 26.2. The lowest BCUT2D eigenvalue weighted by molar-refractivity contribution is 0.163. The van der Waals surface area contributed by atoms with Gasteiger partial charge in [0.2, 0.25) is 0 Å². The Kier molecular flexibility index (Phi) is 6.11. The molecule has 1 aliphatic heterocycles. The molecule has 3 nitrogen and oxygen atoms in total. The summed E-state index contributed by atoms with van der Waals surface area (Å²) in [5, 5.41) is 2.44. The van der Waals surface area contributed by atoms with Crippen LogP contribution in [0.5, 0.6) is 17.2 Å². The van der Waals surface area contributed by atoms with Crippen molar-refractivity contribution in [2.45, 2.75) is 49.5 Å². The Morgan fingerprint density at radius 2 is 1.21 bits per heavy atom. The Bertz CT molecular complexity index is 1810. The Balaban J connectivity index is 1.42. The molecule has 43 heavy (non-hydrogen) atoms. The minimum absolute atomic E-state index is 0.00443. The van der Waals surface area contributed by atoms with Crippen LogP contribution in [0, 0.1) is 0 Å². The maximum absolute atomic E-state index is 7.47. The van der Waals surface area contributed by atoms with Gasteiger partial charge in [-0.1, -0.05) is 105 Å². The molecule has 0 bridgehead atoms. The average molecular weight is 565 g/mol. The molecule has 8 rings (SSSR count). The summed E-state index contributed by atoms with van der Waals surface area (Å²) >= 11 is 0. The summed E-state index contributed by atoms with van der Waals surface area (Å²) in [4.78, 5) is 0. The van der Waals surface area contributed by atoms with Gasteiger partial charge in [0, 0.05) is 27.5 Å². The van der Waals surface area contributed by atoms with Crippen LogP contribution in [0.4, 0.5) is 0 Å². The van der Waals surface area contributed by atoms with Crippen molar-refractivity contribution >= 4 is 16.8 Å². The first-order chi connectivity index (χ1) is 21.2. The number of hydrogen-bond donors (Lipinski definition) is 0. The molecule has 1 spiro atoms. The zero-order valence-electron chi connectivity index (χ0n) is 24.9. The summed E-state index contributed by atoms with van der Waals surface area (Å²) in [5.74, 6) is 2.62. The predicted octanol–water partition coefficient (Wildman–Crippen LogP) is 9.83. The maximum atomic E-state index is 7.47. The average Bonchev–Trinajstić information content (AvgIpc) is 3.18. The summed E-state index contributed by atoms with van der Waals surface area (Å²) in [6.07, 6.45) is 12.1. The van der Waals surface area contributed by atoms with E-state index in [1.807, 2.05) is 24.3 Å². The zero-order chi connectivity index (χ0) is 29.0. The van der Waals surface area contributed by atoms with Gasteiger partial charge in [-0.25, -0.2) is 0 Å². The lowest BCUT2D eigenvalue weighted by atomic mass is 9.70. The van der Waals surface area contributed by atoms with Gasteiger partial charge in [0.15, 0.2) is 5.60 Å². The lowest BCUT2D eigenvalue weighted by Gasteiger charge is -2.39. The first-order valence-electron chi connectivity index (χ1n) is 15.5. The highest BCUT2D eigenvalue weighted by molar-refractivity contribution is 6.08. The first-order valence-corrected chi connectivity index (χ1v) is 15.5. The third-order valence-corrected chi connectivity index (χ3v) is 10.1. The van der Waals surface area contributed by atoms with Crippen molar-refractivity contribution in [3.63, 3.8) is 0 Å². The van der Waals surface area contributed by atoms with Crippen LogP contribution >= 0.6 is 0 Å². The van der Waals surface area contributed by atoms with Crippen LogP contribution in [0.2, 0.25) is 0 Å². The zero-order valence-corrected chi connectivity index (χ0v) is 24.9. The number of hydrogen-bond acceptors (Lipinski definition) is 3. The second-order valence-electron chi connectivity index (χ2n) is 12.2. The van der Waals surface area contributed by atoms with E-state index < -0.39 is 5.60 Å². The van der Waals surface area contributed by atoms with E-state index in [0.717, 1.165) is 33.8 Å². The molecular formula is C40H36O3. The number of ether oxygens (including phenoxy) is 3. The Morgan fingerprint density at radius 3 is 1.84 bits per heavy atom. The van der Waals surface area contributed by atoms with Crippen molar-refractivity contribution in [3.05, 3.63) is 131 Å². The van der Waals surface area contributed by atoms with Crippen molar-refractivity contribution < 1.29 is 14.2 Å². The van der Waals surface area contributed by atoms with Gasteiger partial charge in [-0.3, -0.25) is 0 Å². The van der Waals surface area contributed by atoms with Crippen molar-refractivity contribution in [1.82, 2.24) is 0 Å². The summed E-state index contributed by atoms with van der Waals surface area (Å²) in [5.41, 5.74) is 8.31. The maximum Gasteiger partial charge on any atom is 0.178 e. The van der Waals surface area contributed by atoms with E-state index in [1.54, 1.807) is 14.2 Å². The van der Waals surface area contributed by atoms with E-state index in [1.165, 1.54) is 71.7 Å². The van der Waals surface area contributed by atoms with Crippen molar-refractivity contribution in [2.24, 2.45) is 0 Å². The Morgan fingerprint density at radius 1 is 0.628 bits per heavy atom. The van der Waals surface area contributed by atoms with Crippen molar-refractivity contribution in [1.29, 1.82) is 0 Å². The molecule has 1 saturated carbocycles. The van der Waals surface area contributed by atoms with Crippen molar-refractivity contribution in [2.75, 3.05) is 14.2 Å². The fourth-order valence-corrected chi connectivity index (χ4v) is 8.13. The number of benzene rings is 5. The Labute approximate surface area is 253 Å². The minimum atomic E-state index is -0.815. The van der Waals surface area contributed by atoms with Gasteiger partial charge in [0.1, 0.15) is 17.2 Å². The molecule has 214 valence electrons. The van der Waals surface area contributed by atoms with Crippen LogP contribution in [-0.4, -0.2) is 14.2 Å². The number of fused-ring (bicyclic) bond motifs is 10. The smallest absolute Gasteiger partial charge is 0.178 e. The second-order valence-corrected chi connectivity index (χ2v) is 12.2. The molecule has 0 unspecified atom stereocenters. The number of methoxy groups -OCH3 is 2. The highest BCUT2D eigenvalue weighted by atomic mass is 16.5. The van der Waals surface area contributed by atoms with E-state index in [2.05, 4.69) is 84.9 Å². The van der Waals surface area contributed by atoms with Crippen LogP contribution in [-0.2, 0) is 11.0 Å². The predicted molar refractivity (Wildman–Crippen MR) is 174 cm³/mol. The largest absolute Gasteiger partial charge is 0.497 e. The molecule has 3 heteroatoms. The highest BCUT2D eigenvalue weighted by Gasteiger charge is 2.48. The van der Waals surface area contributed by atoms with Gasteiger partial charge in [-0.05, 0) is 70.8 Å². The SMILES string of the molecule is COc1ccc(C2(c3ccc(OC)cc3)C=Cc3c4c(c5ccccc5c3O2)-c2ccccc2C42CCCCCC2)cc1. The standard InChI is InChI=1S/C40H36O3/c1-41-29-19-15-27(16-20-29)40(28-17-21-30(42-2)22-18-28)26-23-34-37-36(31-11-5-6-12-32(31)38(34)43-40)33-13-7-8-14-35(33)39(37)24-9-3-4-10-25-39/h5-8,11-23,26H,3-4,9-10,24-25H2,1-2H3. The number of rotatable bonds is 4. The molecule has 0 saturated heterocycles. The third-order valence-electron chi connectivity index (χ3n) is 10.1. The molecule has 1 heterocycles. The quantitative estimate of drug-likeness (QED) is 0.217. The molecule has 1 fully saturated rings. The molecule has 3 aliphatic rings. The fraction of sp³-hybridized carbons (Fsp3) is 0.250. The van der Waals surface area contributed by atoms with E-state index in [9.17, 15) is 0 Å². The monoisotopic (exact) mass is 564 g/mol. The van der Waals surface area contributed by atoms with Gasteiger partial charge in [0.05, 0.1) is 14.2 Å². The molecule has 0 amide bonds. The fourth-order valence-electron chi connectivity index (χ4n) is 8.13. The molecular weight excluding hydrogens is 528 g/mol. The van der Waals surface area contributed by atoms with Crippen LogP contribution in [0.25, 0.3) is 28.0 Å². The normalized spacial score (nSPS) is 17.4. The summed E-state index contributed by atoms with van der Waals surface area (Å²) < 4.78 is 18.5. The lowest BCUT2D eigenvalue weighted by Crippen LogP contribution is -2.35. The van der Waals surface area contributed by atoms with E-state index in [4.69, 9.17) is 14.2 Å². The van der Waals surface area contributed by atoms with Crippen LogP contribution in [0.15, 0.2) is 103 Å². The Hall–Kier alpha value is -4.50. The topological polar surface area (TPSA) is 27.7 Å².